The molecule has 23 heteroatoms. The van der Waals surface area contributed by atoms with E-state index in [4.69, 9.17) is 16.2 Å². The highest BCUT2D eigenvalue weighted by atomic mass is 16.5. The predicted octanol–water partition coefficient (Wildman–Crippen LogP) is 0.713. The van der Waals surface area contributed by atoms with Gasteiger partial charge in [-0.1, -0.05) is 86.2 Å². The van der Waals surface area contributed by atoms with E-state index in [2.05, 4.69) is 42.2 Å². The summed E-state index contributed by atoms with van der Waals surface area (Å²) >= 11 is 0. The van der Waals surface area contributed by atoms with E-state index in [9.17, 15) is 58.5 Å². The first-order valence-electron chi connectivity index (χ1n) is 24.5. The number of aromatic hydroxyl groups is 1. The van der Waals surface area contributed by atoms with Gasteiger partial charge in [-0.05, 0) is 82.6 Å². The van der Waals surface area contributed by atoms with E-state index in [1.54, 1.807) is 32.2 Å². The Morgan fingerprint density at radius 3 is 2.03 bits per heavy atom. The third kappa shape index (κ3) is 21.5. The van der Waals surface area contributed by atoms with Gasteiger partial charge in [0.05, 0.1) is 24.5 Å². The molecule has 3 rings (SSSR count). The summed E-state index contributed by atoms with van der Waals surface area (Å²) in [6, 6.07) is 6.73. The van der Waals surface area contributed by atoms with E-state index in [1.165, 1.54) is 45.1 Å². The van der Waals surface area contributed by atoms with Crippen LogP contribution in [0.1, 0.15) is 84.3 Å². The number of allylic oxidation sites excluding steroid dienone is 3. The minimum atomic E-state index is -1.91. The fourth-order valence-corrected chi connectivity index (χ4v) is 7.80. The molecule has 0 saturated carbocycles. The number of aliphatic carboxylic acids is 2. The van der Waals surface area contributed by atoms with Gasteiger partial charge in [0, 0.05) is 26.0 Å². The number of hydrogen-bond donors (Lipinski definition) is 12. The van der Waals surface area contributed by atoms with Crippen molar-refractivity contribution in [2.45, 2.75) is 128 Å². The van der Waals surface area contributed by atoms with Gasteiger partial charge in [-0.25, -0.2) is 9.59 Å². The molecule has 9 atom stereocenters. The van der Waals surface area contributed by atoms with Gasteiger partial charge in [0.2, 0.25) is 35.4 Å². The minimum Gasteiger partial charge on any atom is -0.508 e. The fraction of sp³-hybridized carbons (Fsp3) is 0.462. The van der Waals surface area contributed by atoms with E-state index in [0.717, 1.165) is 5.56 Å². The van der Waals surface area contributed by atoms with Crippen LogP contribution in [0.2, 0.25) is 0 Å². The molecular weight excluding hydrogens is 973 g/mol. The lowest BCUT2D eigenvalue weighted by atomic mass is 9.94. The summed E-state index contributed by atoms with van der Waals surface area (Å²) in [4.78, 5) is 125. The number of nitrogens with two attached hydrogens (primary N) is 2. The van der Waals surface area contributed by atoms with Crippen LogP contribution in [0, 0.1) is 11.8 Å². The fourth-order valence-electron chi connectivity index (χ4n) is 7.80. The lowest BCUT2D eigenvalue weighted by Gasteiger charge is -2.27. The molecule has 23 nitrogen and oxygen atoms in total. The zero-order valence-electron chi connectivity index (χ0n) is 43.1. The Bertz CT molecular complexity index is 2440. The molecule has 0 spiro atoms. The molecule has 0 radical (unpaired) electrons. The lowest BCUT2D eigenvalue weighted by molar-refractivity contribution is -0.144. The molecule has 1 aliphatic heterocycles. The lowest BCUT2D eigenvalue weighted by Crippen LogP contribution is -2.56. The summed E-state index contributed by atoms with van der Waals surface area (Å²) in [5, 5.41) is 47.5. The van der Waals surface area contributed by atoms with Crippen LogP contribution < -0.4 is 48.7 Å². The number of benzene rings is 2. The van der Waals surface area contributed by atoms with Crippen molar-refractivity contribution in [3.8, 4) is 5.75 Å². The van der Waals surface area contributed by atoms with Crippen LogP contribution >= 0.6 is 0 Å². The number of carboxylic acid groups (broad SMARTS) is 2. The maximum atomic E-state index is 14.3. The van der Waals surface area contributed by atoms with Crippen LogP contribution in [0.15, 0.2) is 95.2 Å². The molecule has 2 aromatic carbocycles. The second-order valence-corrected chi connectivity index (χ2v) is 18.2. The Kier molecular flexibility index (Phi) is 25.2. The smallest absolute Gasteiger partial charge is 0.326 e. The monoisotopic (exact) mass is 1040 g/mol. The largest absolute Gasteiger partial charge is 0.508 e. The molecule has 0 unspecified atom stereocenters. The maximum Gasteiger partial charge on any atom is 0.326 e. The molecule has 14 N–H and O–H groups in total. The van der Waals surface area contributed by atoms with Crippen molar-refractivity contribution >= 4 is 59.2 Å². The first-order valence-corrected chi connectivity index (χ1v) is 24.5. The zero-order chi connectivity index (χ0) is 55.8. The van der Waals surface area contributed by atoms with Crippen LogP contribution in [0.4, 0.5) is 0 Å². The number of methoxy groups -OCH3 is 1. The SMILES string of the molecule is CC=C1NC(=O)CC[C@H](C(=O)O)NC(=O)[C@@H](C)[C@H](/C=C/C(C)=C/[C@H](C)[C@H](Cc2ccccc2)OC)NC(=O)[C@H](CCCN=C(N)N)NC(=O)C[C@H](C(=O)O)NC(=O)[C@H](CCc2ccc(O)cc2)NC(=O)[C@@H](C)NC1=O. The van der Waals surface area contributed by atoms with E-state index in [1.807, 2.05) is 43.3 Å². The normalized spacial score (nSPS) is 23.9. The van der Waals surface area contributed by atoms with Crippen molar-refractivity contribution in [3.63, 3.8) is 0 Å². The molecule has 7 amide bonds. The predicted molar refractivity (Wildman–Crippen MR) is 277 cm³/mol. The number of carboxylic acids is 2. The van der Waals surface area contributed by atoms with E-state index in [-0.39, 0.29) is 61.7 Å². The number of phenols is 1. The van der Waals surface area contributed by atoms with Crippen molar-refractivity contribution in [2.24, 2.45) is 28.3 Å². The summed E-state index contributed by atoms with van der Waals surface area (Å²) in [5.41, 5.74) is 13.1. The maximum absolute atomic E-state index is 14.3. The molecule has 2 aromatic rings. The molecule has 75 heavy (non-hydrogen) atoms. The topological polar surface area (TPSA) is 372 Å². The number of carbonyl (C=O) groups is 9. The number of nitrogens with zero attached hydrogens (tertiary/aromatic N) is 1. The van der Waals surface area contributed by atoms with Crippen molar-refractivity contribution < 1.29 is 63.2 Å². The van der Waals surface area contributed by atoms with Crippen LogP contribution in [-0.4, -0.2) is 131 Å². The second kappa shape index (κ2) is 30.8. The van der Waals surface area contributed by atoms with Gasteiger partial charge >= 0.3 is 11.9 Å². The molecular formula is C52H72N10O13. The Morgan fingerprint density at radius 1 is 0.787 bits per heavy atom. The Morgan fingerprint density at radius 2 is 1.41 bits per heavy atom. The number of hydrogen-bond acceptors (Lipinski definition) is 12. The molecule has 0 bridgehead atoms. The Hall–Kier alpha value is -8.08. The average Bonchev–Trinajstić information content (AvgIpc) is 3.36. The number of guanidine groups is 1. The number of nitrogens with one attached hydrogen (secondary N) is 7. The van der Waals surface area contributed by atoms with Gasteiger partial charge in [0.25, 0.3) is 5.91 Å². The average molecular weight is 1050 g/mol. The molecule has 1 heterocycles. The summed E-state index contributed by atoms with van der Waals surface area (Å²) in [6.07, 6.45) is 4.85. The van der Waals surface area contributed by atoms with Gasteiger partial charge in [-0.3, -0.25) is 38.6 Å². The summed E-state index contributed by atoms with van der Waals surface area (Å²) in [7, 11) is 1.61. The number of amides is 7. The van der Waals surface area contributed by atoms with Gasteiger partial charge in [0.15, 0.2) is 5.96 Å². The molecule has 1 fully saturated rings. The van der Waals surface area contributed by atoms with E-state index in [0.29, 0.717) is 17.6 Å². The first-order chi connectivity index (χ1) is 35.5. The van der Waals surface area contributed by atoms with Crippen LogP contribution in [0.5, 0.6) is 5.75 Å². The van der Waals surface area contributed by atoms with Gasteiger partial charge in [-0.15, -0.1) is 0 Å². The molecule has 1 saturated heterocycles. The van der Waals surface area contributed by atoms with Crippen LogP contribution in [-0.2, 0) is 60.7 Å². The summed E-state index contributed by atoms with van der Waals surface area (Å²) in [5.74, 6) is -11.1. The Balaban J connectivity index is 2.09. The number of aryl methyl sites for hydroxylation is 1. The summed E-state index contributed by atoms with van der Waals surface area (Å²) in [6.45, 7) is 7.89. The number of carbonyl (C=O) groups excluding carboxylic acids is 7. The second-order valence-electron chi connectivity index (χ2n) is 18.2. The zero-order valence-corrected chi connectivity index (χ0v) is 43.1. The highest BCUT2D eigenvalue weighted by Gasteiger charge is 2.34. The van der Waals surface area contributed by atoms with Crippen molar-refractivity contribution in [1.29, 1.82) is 0 Å². The van der Waals surface area contributed by atoms with Crippen molar-refractivity contribution in [2.75, 3.05) is 13.7 Å². The van der Waals surface area contributed by atoms with Gasteiger partial charge in [0.1, 0.15) is 41.7 Å². The quantitative estimate of drug-likeness (QED) is 0.0362. The van der Waals surface area contributed by atoms with E-state index < -0.39 is 115 Å². The highest BCUT2D eigenvalue weighted by molar-refractivity contribution is 6.00. The number of rotatable bonds is 16. The third-order valence-electron chi connectivity index (χ3n) is 12.2. The number of phenolic OH excluding ortho intramolecular Hbond substituents is 1. The van der Waals surface area contributed by atoms with E-state index >= 15 is 0 Å². The minimum absolute atomic E-state index is 0.0110. The van der Waals surface area contributed by atoms with Crippen LogP contribution in [0.3, 0.4) is 0 Å². The molecule has 1 aliphatic rings. The number of ether oxygens (including phenoxy) is 1. The molecule has 0 aromatic heterocycles. The molecule has 408 valence electrons. The van der Waals surface area contributed by atoms with Crippen molar-refractivity contribution in [3.05, 3.63) is 101 Å². The van der Waals surface area contributed by atoms with Gasteiger partial charge < -0.3 is 68.7 Å². The third-order valence-corrected chi connectivity index (χ3v) is 12.2. The number of aliphatic imine (C=N–C) groups is 1. The summed E-state index contributed by atoms with van der Waals surface area (Å²) < 4.78 is 5.81. The Labute approximate surface area is 435 Å². The van der Waals surface area contributed by atoms with Gasteiger partial charge in [-0.2, -0.15) is 0 Å². The standard InChI is InChI=1S/C52H72N10O13/c1-7-36-47(68)56-32(5)46(67)60-39(22-18-33-16-19-35(63)20-17-33)49(70)62-41(51(73)74)28-44(65)58-38(14-11-25-55-52(53)54)48(69)59-37(31(4)45(66)61-40(50(71)72)23-24-43(64)57-36)21-15-29(2)26-30(3)42(75-6)27-34-12-9-8-10-13-34/h7-10,12-13,15-17,19-21,26,30-32,37-42,63H,11,14,18,22-25,27-28H2,1-6H3,(H,56,68)(H,57,64)(H,58,65)(H,59,69)(H,60,67)(H,61,66)(H,62,70)(H,71,72)(H,73,74)(H4,53,54,55)/b21-15+,29-26+,36-7?/t30-,31-,32+,37-,38-,39-,40+,41+,42-/m0/s1. The molecule has 0 aliphatic carbocycles. The highest BCUT2D eigenvalue weighted by Crippen LogP contribution is 2.19. The first kappa shape index (κ1) is 61.2. The van der Waals surface area contributed by atoms with Crippen LogP contribution in [0.25, 0.3) is 0 Å². The van der Waals surface area contributed by atoms with Crippen molar-refractivity contribution in [1.82, 2.24) is 37.2 Å².